The zero-order valence-corrected chi connectivity index (χ0v) is 11.3. The largest absolute Gasteiger partial charge is 0.491 e. The summed E-state index contributed by atoms with van der Waals surface area (Å²) in [5, 5.41) is 0. The molecule has 0 radical (unpaired) electrons. The van der Waals surface area contributed by atoms with E-state index in [1.807, 2.05) is 26.0 Å². The Balaban J connectivity index is 2.42. The Morgan fingerprint density at radius 3 is 2.22 bits per heavy atom. The van der Waals surface area contributed by atoms with Gasteiger partial charge in [-0.25, -0.2) is 0 Å². The van der Waals surface area contributed by atoms with Crippen molar-refractivity contribution in [3.8, 4) is 18.1 Å². The summed E-state index contributed by atoms with van der Waals surface area (Å²) in [7, 11) is 1.65. The van der Waals surface area contributed by atoms with Crippen LogP contribution in [0.25, 0.3) is 0 Å². The van der Waals surface area contributed by atoms with Crippen LogP contribution in [0.1, 0.15) is 16.7 Å². The quantitative estimate of drug-likeness (QED) is 0.547. The minimum Gasteiger partial charge on any atom is -0.491 e. The second-order valence-electron chi connectivity index (χ2n) is 4.03. The molecule has 1 aromatic carbocycles. The Labute approximate surface area is 109 Å². The van der Waals surface area contributed by atoms with Crippen LogP contribution in [-0.2, 0) is 9.47 Å². The first-order chi connectivity index (χ1) is 8.69. The fraction of sp³-hybridized carbons (Fsp3) is 0.467. The van der Waals surface area contributed by atoms with Crippen molar-refractivity contribution in [1.82, 2.24) is 0 Å². The lowest BCUT2D eigenvalue weighted by Crippen LogP contribution is -2.10. The van der Waals surface area contributed by atoms with Gasteiger partial charge in [-0.05, 0) is 37.1 Å². The maximum atomic E-state index is 5.61. The smallest absolute Gasteiger partial charge is 0.120 e. The van der Waals surface area contributed by atoms with Gasteiger partial charge in [0.2, 0.25) is 0 Å². The standard InChI is InChI=1S/C15H20O3/c1-5-15-12(2)10-14(11-13(15)3)18-9-8-17-7-6-16-4/h1,10-11H,6-9H2,2-4H3. The third kappa shape index (κ3) is 4.40. The molecule has 0 amide bonds. The van der Waals surface area contributed by atoms with Crippen LogP contribution in [0.2, 0.25) is 0 Å². The molecule has 0 aromatic heterocycles. The molecular formula is C15H20O3. The maximum Gasteiger partial charge on any atom is 0.120 e. The van der Waals surface area contributed by atoms with Crippen LogP contribution >= 0.6 is 0 Å². The first-order valence-electron chi connectivity index (χ1n) is 5.96. The molecule has 0 atom stereocenters. The zero-order chi connectivity index (χ0) is 13.4. The normalized spacial score (nSPS) is 10.1. The molecular weight excluding hydrogens is 228 g/mol. The van der Waals surface area contributed by atoms with Crippen LogP contribution in [0, 0.1) is 26.2 Å². The molecule has 0 aliphatic heterocycles. The summed E-state index contributed by atoms with van der Waals surface area (Å²) >= 11 is 0. The molecule has 0 aliphatic rings. The molecule has 0 N–H and O–H groups in total. The second-order valence-corrected chi connectivity index (χ2v) is 4.03. The van der Waals surface area contributed by atoms with Crippen molar-refractivity contribution >= 4 is 0 Å². The summed E-state index contributed by atoms with van der Waals surface area (Å²) in [6.07, 6.45) is 5.45. The van der Waals surface area contributed by atoms with Gasteiger partial charge < -0.3 is 14.2 Å². The van der Waals surface area contributed by atoms with Gasteiger partial charge in [0.05, 0.1) is 19.8 Å². The minimum absolute atomic E-state index is 0.526. The minimum atomic E-state index is 0.526. The van der Waals surface area contributed by atoms with Crippen LogP contribution in [0.3, 0.4) is 0 Å². The number of ether oxygens (including phenoxy) is 3. The molecule has 1 rings (SSSR count). The van der Waals surface area contributed by atoms with Crippen molar-refractivity contribution < 1.29 is 14.2 Å². The van der Waals surface area contributed by atoms with Crippen molar-refractivity contribution in [2.75, 3.05) is 33.5 Å². The topological polar surface area (TPSA) is 27.7 Å². The number of rotatable bonds is 7. The molecule has 1 aromatic rings. The lowest BCUT2D eigenvalue weighted by Gasteiger charge is -2.10. The van der Waals surface area contributed by atoms with E-state index in [2.05, 4.69) is 5.92 Å². The highest BCUT2D eigenvalue weighted by Gasteiger charge is 2.03. The Bertz CT molecular complexity index is 395. The van der Waals surface area contributed by atoms with Crippen molar-refractivity contribution in [1.29, 1.82) is 0 Å². The summed E-state index contributed by atoms with van der Waals surface area (Å²) in [6.45, 7) is 6.26. The average molecular weight is 248 g/mol. The number of terminal acetylenes is 1. The van der Waals surface area contributed by atoms with Gasteiger partial charge in [0.1, 0.15) is 12.4 Å². The van der Waals surface area contributed by atoms with E-state index in [1.54, 1.807) is 7.11 Å². The number of methoxy groups -OCH3 is 1. The van der Waals surface area contributed by atoms with E-state index in [0.717, 1.165) is 22.4 Å². The van der Waals surface area contributed by atoms with Gasteiger partial charge in [-0.15, -0.1) is 6.42 Å². The summed E-state index contributed by atoms with van der Waals surface area (Å²) in [4.78, 5) is 0. The number of aryl methyl sites for hydroxylation is 2. The zero-order valence-electron chi connectivity index (χ0n) is 11.3. The Morgan fingerprint density at radius 1 is 1.06 bits per heavy atom. The van der Waals surface area contributed by atoms with E-state index >= 15 is 0 Å². The molecule has 0 saturated heterocycles. The van der Waals surface area contributed by atoms with E-state index < -0.39 is 0 Å². The summed E-state index contributed by atoms with van der Waals surface area (Å²) in [5.41, 5.74) is 3.07. The molecule has 18 heavy (non-hydrogen) atoms. The van der Waals surface area contributed by atoms with E-state index in [9.17, 15) is 0 Å². The summed E-state index contributed by atoms with van der Waals surface area (Å²) in [6, 6.07) is 3.91. The monoisotopic (exact) mass is 248 g/mol. The van der Waals surface area contributed by atoms with Crippen LogP contribution < -0.4 is 4.74 Å². The predicted octanol–water partition coefficient (Wildman–Crippen LogP) is 2.33. The summed E-state index contributed by atoms with van der Waals surface area (Å²) in [5.74, 6) is 3.52. The molecule has 98 valence electrons. The van der Waals surface area contributed by atoms with Gasteiger partial charge in [0.15, 0.2) is 0 Å². The lowest BCUT2D eigenvalue weighted by molar-refractivity contribution is 0.0544. The first-order valence-corrected chi connectivity index (χ1v) is 5.96. The molecule has 3 nitrogen and oxygen atoms in total. The van der Waals surface area contributed by atoms with Crippen LogP contribution in [-0.4, -0.2) is 33.5 Å². The fourth-order valence-electron chi connectivity index (χ4n) is 1.70. The van der Waals surface area contributed by atoms with Gasteiger partial charge in [-0.2, -0.15) is 0 Å². The van der Waals surface area contributed by atoms with Gasteiger partial charge in [0.25, 0.3) is 0 Å². The van der Waals surface area contributed by atoms with E-state index in [1.165, 1.54) is 0 Å². The summed E-state index contributed by atoms with van der Waals surface area (Å²) < 4.78 is 15.8. The Hall–Kier alpha value is -1.50. The van der Waals surface area contributed by atoms with E-state index in [4.69, 9.17) is 20.6 Å². The van der Waals surface area contributed by atoms with Gasteiger partial charge in [0, 0.05) is 12.7 Å². The van der Waals surface area contributed by atoms with Crippen molar-refractivity contribution in [3.05, 3.63) is 28.8 Å². The molecule has 0 heterocycles. The van der Waals surface area contributed by atoms with Gasteiger partial charge >= 0.3 is 0 Å². The molecule has 0 bridgehead atoms. The highest BCUT2D eigenvalue weighted by atomic mass is 16.5. The van der Waals surface area contributed by atoms with E-state index in [0.29, 0.717) is 26.4 Å². The highest BCUT2D eigenvalue weighted by molar-refractivity contribution is 5.49. The molecule has 0 fully saturated rings. The third-order valence-electron chi connectivity index (χ3n) is 2.58. The Kier molecular flexibility index (Phi) is 6.27. The highest BCUT2D eigenvalue weighted by Crippen LogP contribution is 2.20. The van der Waals surface area contributed by atoms with Gasteiger partial charge in [-0.3, -0.25) is 0 Å². The maximum absolute atomic E-state index is 5.61. The number of hydrogen-bond acceptors (Lipinski definition) is 3. The SMILES string of the molecule is C#Cc1c(C)cc(OCCOCCOC)cc1C. The molecule has 3 heteroatoms. The van der Waals surface area contributed by atoms with Crippen molar-refractivity contribution in [2.45, 2.75) is 13.8 Å². The van der Waals surface area contributed by atoms with Crippen molar-refractivity contribution in [3.63, 3.8) is 0 Å². The average Bonchev–Trinajstić information content (AvgIpc) is 2.33. The van der Waals surface area contributed by atoms with Crippen LogP contribution in [0.4, 0.5) is 0 Å². The second kappa shape index (κ2) is 7.75. The number of hydrogen-bond donors (Lipinski definition) is 0. The molecule has 0 aliphatic carbocycles. The molecule has 0 unspecified atom stereocenters. The molecule has 0 spiro atoms. The first kappa shape index (κ1) is 14.6. The fourth-order valence-corrected chi connectivity index (χ4v) is 1.70. The number of benzene rings is 1. The molecule has 0 saturated carbocycles. The van der Waals surface area contributed by atoms with E-state index in [-0.39, 0.29) is 0 Å². The third-order valence-corrected chi connectivity index (χ3v) is 2.58. The van der Waals surface area contributed by atoms with Crippen molar-refractivity contribution in [2.24, 2.45) is 0 Å². The van der Waals surface area contributed by atoms with Crippen LogP contribution in [0.5, 0.6) is 5.75 Å². The lowest BCUT2D eigenvalue weighted by atomic mass is 10.0. The Morgan fingerprint density at radius 2 is 1.67 bits per heavy atom. The van der Waals surface area contributed by atoms with Crippen LogP contribution in [0.15, 0.2) is 12.1 Å². The predicted molar refractivity (Wildman–Crippen MR) is 72.0 cm³/mol. The van der Waals surface area contributed by atoms with Gasteiger partial charge in [-0.1, -0.05) is 5.92 Å².